The van der Waals surface area contributed by atoms with E-state index in [0.717, 1.165) is 17.5 Å². The van der Waals surface area contributed by atoms with Gasteiger partial charge in [-0.1, -0.05) is 15.9 Å². The van der Waals surface area contributed by atoms with Crippen LogP contribution in [0.4, 0.5) is 0 Å². The summed E-state index contributed by atoms with van der Waals surface area (Å²) >= 11 is 3.58. The number of fused-ring (bicyclic) bond motifs is 1. The normalized spacial score (nSPS) is 20.9. The monoisotopic (exact) mass is 269 g/mol. The van der Waals surface area contributed by atoms with Gasteiger partial charge in [-0.05, 0) is 48.6 Å². The Kier molecular flexibility index (Phi) is 3.14. The second-order valence-electron chi connectivity index (χ2n) is 4.12. The number of rotatable bonds is 0. The van der Waals surface area contributed by atoms with E-state index in [0.29, 0.717) is 6.61 Å². The lowest BCUT2D eigenvalue weighted by Crippen LogP contribution is -2.17. The topological polar surface area (TPSA) is 35.2 Å². The lowest BCUT2D eigenvalue weighted by atomic mass is 9.91. The zero-order chi connectivity index (χ0) is 11.0. The average molecular weight is 270 g/mol. The molecule has 1 aliphatic heterocycles. The molecule has 0 saturated carbocycles. The van der Waals surface area contributed by atoms with Crippen molar-refractivity contribution in [2.24, 2.45) is 5.73 Å². The third kappa shape index (κ3) is 1.96. The van der Waals surface area contributed by atoms with Crippen LogP contribution in [0, 0.1) is 13.8 Å². The van der Waals surface area contributed by atoms with Crippen molar-refractivity contribution in [3.63, 3.8) is 0 Å². The number of hydrogen-bond donors (Lipinski definition) is 1. The van der Waals surface area contributed by atoms with Crippen molar-refractivity contribution in [3.05, 3.63) is 32.8 Å². The van der Waals surface area contributed by atoms with Crippen LogP contribution in [-0.2, 0) is 11.2 Å². The highest BCUT2D eigenvalue weighted by atomic mass is 79.9. The highest BCUT2D eigenvalue weighted by Crippen LogP contribution is 2.32. The van der Waals surface area contributed by atoms with Crippen LogP contribution in [0.1, 0.15) is 28.3 Å². The minimum Gasteiger partial charge on any atom is -0.379 e. The number of ether oxygens (including phenoxy) is 1. The van der Waals surface area contributed by atoms with Gasteiger partial charge in [0.15, 0.2) is 0 Å². The van der Waals surface area contributed by atoms with Gasteiger partial charge >= 0.3 is 0 Å². The molecule has 1 atom stereocenters. The first-order chi connectivity index (χ1) is 7.11. The first-order valence-corrected chi connectivity index (χ1v) is 6.02. The van der Waals surface area contributed by atoms with Crippen LogP contribution in [0.2, 0.25) is 0 Å². The van der Waals surface area contributed by atoms with Gasteiger partial charge in [-0.15, -0.1) is 0 Å². The first kappa shape index (κ1) is 11.1. The van der Waals surface area contributed by atoms with Gasteiger partial charge in [0.25, 0.3) is 0 Å². The van der Waals surface area contributed by atoms with Gasteiger partial charge in [-0.25, -0.2) is 0 Å². The standard InChI is InChI=1S/C12H16BrNO/c1-7-5-10(13)8(2)12-9(7)3-4-15-6-11(12)14/h5,11H,3-4,6,14H2,1-2H3. The fourth-order valence-corrected chi connectivity index (χ4v) is 2.81. The molecular formula is C12H16BrNO. The summed E-state index contributed by atoms with van der Waals surface area (Å²) in [6.07, 6.45) is 0.975. The minimum absolute atomic E-state index is 0.0127. The van der Waals surface area contributed by atoms with Crippen LogP contribution in [0.15, 0.2) is 10.5 Å². The van der Waals surface area contributed by atoms with Gasteiger partial charge in [0.1, 0.15) is 0 Å². The van der Waals surface area contributed by atoms with Gasteiger partial charge in [0.2, 0.25) is 0 Å². The predicted molar refractivity (Wildman–Crippen MR) is 65.1 cm³/mol. The van der Waals surface area contributed by atoms with Crippen LogP contribution >= 0.6 is 15.9 Å². The Hall–Kier alpha value is -0.380. The molecule has 82 valence electrons. The van der Waals surface area contributed by atoms with Crippen molar-refractivity contribution < 1.29 is 4.74 Å². The molecule has 2 rings (SSSR count). The van der Waals surface area contributed by atoms with E-state index >= 15 is 0 Å². The fourth-order valence-electron chi connectivity index (χ4n) is 2.25. The van der Waals surface area contributed by atoms with Crippen molar-refractivity contribution in [1.82, 2.24) is 0 Å². The van der Waals surface area contributed by atoms with Crippen LogP contribution < -0.4 is 5.73 Å². The Morgan fingerprint density at radius 1 is 1.47 bits per heavy atom. The Labute approximate surface area is 98.9 Å². The Morgan fingerprint density at radius 2 is 2.20 bits per heavy atom. The average Bonchev–Trinajstić information content (AvgIpc) is 2.37. The predicted octanol–water partition coefficient (Wildman–Crippen LogP) is 2.64. The molecule has 1 aromatic carbocycles. The smallest absolute Gasteiger partial charge is 0.0659 e. The molecule has 0 aliphatic carbocycles. The molecule has 2 N–H and O–H groups in total. The Balaban J connectivity index is 2.63. The maximum Gasteiger partial charge on any atom is 0.0659 e. The van der Waals surface area contributed by atoms with E-state index < -0.39 is 0 Å². The van der Waals surface area contributed by atoms with Crippen molar-refractivity contribution in [2.45, 2.75) is 26.3 Å². The van der Waals surface area contributed by atoms with Gasteiger partial charge in [0.05, 0.1) is 19.3 Å². The number of nitrogens with two attached hydrogens (primary N) is 1. The van der Waals surface area contributed by atoms with Crippen LogP contribution in [0.25, 0.3) is 0 Å². The van der Waals surface area contributed by atoms with Gasteiger partial charge in [0, 0.05) is 4.47 Å². The maximum absolute atomic E-state index is 6.14. The van der Waals surface area contributed by atoms with E-state index in [-0.39, 0.29) is 6.04 Å². The van der Waals surface area contributed by atoms with E-state index in [9.17, 15) is 0 Å². The van der Waals surface area contributed by atoms with Crippen LogP contribution in [0.5, 0.6) is 0 Å². The number of aryl methyl sites for hydroxylation is 1. The molecule has 0 bridgehead atoms. The molecule has 1 heterocycles. The highest BCUT2D eigenvalue weighted by molar-refractivity contribution is 9.10. The van der Waals surface area contributed by atoms with Crippen LogP contribution in [-0.4, -0.2) is 13.2 Å². The maximum atomic E-state index is 6.14. The molecule has 0 amide bonds. The second kappa shape index (κ2) is 4.24. The molecule has 15 heavy (non-hydrogen) atoms. The van der Waals surface area contributed by atoms with Crippen LogP contribution in [0.3, 0.4) is 0 Å². The molecular weight excluding hydrogens is 254 g/mol. The van der Waals surface area contributed by atoms with E-state index in [1.807, 2.05) is 0 Å². The third-order valence-corrected chi connectivity index (χ3v) is 3.89. The zero-order valence-corrected chi connectivity index (χ0v) is 10.7. The number of benzene rings is 1. The molecule has 2 nitrogen and oxygen atoms in total. The summed E-state index contributed by atoms with van der Waals surface area (Å²) in [6, 6.07) is 2.19. The summed E-state index contributed by atoms with van der Waals surface area (Å²) in [5.74, 6) is 0. The summed E-state index contributed by atoms with van der Waals surface area (Å²) in [6.45, 7) is 5.67. The summed E-state index contributed by atoms with van der Waals surface area (Å²) < 4.78 is 6.65. The van der Waals surface area contributed by atoms with Crippen molar-refractivity contribution in [1.29, 1.82) is 0 Å². The number of halogens is 1. The van der Waals surface area contributed by atoms with E-state index in [4.69, 9.17) is 10.5 Å². The largest absolute Gasteiger partial charge is 0.379 e. The van der Waals surface area contributed by atoms with Crippen molar-refractivity contribution in [3.8, 4) is 0 Å². The van der Waals surface area contributed by atoms with Gasteiger partial charge in [-0.3, -0.25) is 0 Å². The lowest BCUT2D eigenvalue weighted by molar-refractivity contribution is 0.131. The molecule has 3 heteroatoms. The molecule has 1 unspecified atom stereocenters. The third-order valence-electron chi connectivity index (χ3n) is 3.07. The Bertz CT molecular complexity index is 390. The second-order valence-corrected chi connectivity index (χ2v) is 4.98. The number of hydrogen-bond acceptors (Lipinski definition) is 2. The summed E-state index contributed by atoms with van der Waals surface area (Å²) in [5.41, 5.74) is 11.4. The molecule has 0 aromatic heterocycles. The highest BCUT2D eigenvalue weighted by Gasteiger charge is 2.20. The molecule has 1 aromatic rings. The molecule has 0 spiro atoms. The molecule has 0 fully saturated rings. The van der Waals surface area contributed by atoms with E-state index in [1.54, 1.807) is 0 Å². The summed E-state index contributed by atoms with van der Waals surface area (Å²) in [7, 11) is 0. The van der Waals surface area contributed by atoms with E-state index in [1.165, 1.54) is 22.3 Å². The van der Waals surface area contributed by atoms with Crippen molar-refractivity contribution in [2.75, 3.05) is 13.2 Å². The summed E-state index contributed by atoms with van der Waals surface area (Å²) in [4.78, 5) is 0. The fraction of sp³-hybridized carbons (Fsp3) is 0.500. The summed E-state index contributed by atoms with van der Waals surface area (Å²) in [5, 5.41) is 0. The lowest BCUT2D eigenvalue weighted by Gasteiger charge is -2.18. The van der Waals surface area contributed by atoms with E-state index in [2.05, 4.69) is 35.8 Å². The zero-order valence-electron chi connectivity index (χ0n) is 9.14. The van der Waals surface area contributed by atoms with Gasteiger partial charge < -0.3 is 10.5 Å². The minimum atomic E-state index is 0.0127. The molecule has 0 saturated heterocycles. The quantitative estimate of drug-likeness (QED) is 0.786. The Morgan fingerprint density at radius 3 is 2.93 bits per heavy atom. The van der Waals surface area contributed by atoms with Crippen molar-refractivity contribution >= 4 is 15.9 Å². The molecule has 0 radical (unpaired) electrons. The first-order valence-electron chi connectivity index (χ1n) is 5.23. The van der Waals surface area contributed by atoms with Gasteiger partial charge in [-0.2, -0.15) is 0 Å². The SMILES string of the molecule is Cc1cc(Br)c(C)c2c1CCOCC2N. The molecule has 1 aliphatic rings.